The lowest BCUT2D eigenvalue weighted by Crippen LogP contribution is -2.36. The highest BCUT2D eigenvalue weighted by Gasteiger charge is 2.30. The van der Waals surface area contributed by atoms with Crippen LogP contribution in [0.1, 0.15) is 12.0 Å². The third kappa shape index (κ3) is 5.07. The molecule has 0 radical (unpaired) electrons. The molecule has 1 aromatic carbocycles. The Labute approximate surface area is 204 Å². The van der Waals surface area contributed by atoms with Gasteiger partial charge in [-0.2, -0.15) is 10.2 Å². The van der Waals surface area contributed by atoms with E-state index in [1.54, 1.807) is 24.3 Å². The van der Waals surface area contributed by atoms with Gasteiger partial charge in [0.15, 0.2) is 9.84 Å². The number of rotatable bonds is 5. The van der Waals surface area contributed by atoms with Crippen molar-refractivity contribution in [3.05, 3.63) is 74.1 Å². The maximum Gasteiger partial charge on any atom is 0.269 e. The number of nitrogens with one attached hydrogen (secondary N) is 1. The Balaban J connectivity index is 1.77. The second-order valence-electron chi connectivity index (χ2n) is 7.48. The summed E-state index contributed by atoms with van der Waals surface area (Å²) in [6.07, 6.45) is 2.79. The number of ether oxygens (including phenoxy) is 1. The number of aromatic nitrogens is 2. The van der Waals surface area contributed by atoms with Crippen LogP contribution in [0.5, 0.6) is 11.6 Å². The summed E-state index contributed by atoms with van der Waals surface area (Å²) < 4.78 is 30.4. The SMILES string of the molecule is N#CC(=Cc1c(Oc2ccc(Cl)cc2Cl)nc2ccccn2c1=O)C(=O)NC1CCS(=O)(=O)C1. The minimum atomic E-state index is -3.23. The monoisotopic (exact) mass is 518 g/mol. The number of amides is 1. The highest BCUT2D eigenvalue weighted by Crippen LogP contribution is 2.32. The van der Waals surface area contributed by atoms with E-state index >= 15 is 0 Å². The summed E-state index contributed by atoms with van der Waals surface area (Å²) in [5.74, 6) is -1.07. The predicted molar refractivity (Wildman–Crippen MR) is 127 cm³/mol. The van der Waals surface area contributed by atoms with Crippen molar-refractivity contribution in [2.45, 2.75) is 12.5 Å². The molecule has 3 aromatic rings. The van der Waals surface area contributed by atoms with E-state index in [-0.39, 0.29) is 45.8 Å². The molecule has 1 aliphatic rings. The van der Waals surface area contributed by atoms with Crippen LogP contribution in [-0.4, -0.2) is 41.3 Å². The first kappa shape index (κ1) is 23.8. The van der Waals surface area contributed by atoms with Crippen molar-refractivity contribution < 1.29 is 17.9 Å². The second kappa shape index (κ2) is 9.46. The van der Waals surface area contributed by atoms with Gasteiger partial charge in [-0.05, 0) is 42.8 Å². The van der Waals surface area contributed by atoms with Gasteiger partial charge in [0.1, 0.15) is 28.6 Å². The number of hydrogen-bond donors (Lipinski definition) is 1. The number of sulfone groups is 1. The van der Waals surface area contributed by atoms with Gasteiger partial charge < -0.3 is 10.1 Å². The molecule has 1 amide bonds. The lowest BCUT2D eigenvalue weighted by Gasteiger charge is -2.12. The van der Waals surface area contributed by atoms with Crippen LogP contribution in [0.3, 0.4) is 0 Å². The first-order valence-corrected chi connectivity index (χ1v) is 12.5. The standard InChI is InChI=1S/C22H16Cl2N4O5S/c23-14-4-5-18(17(24)10-14)33-21-16(22(30)28-7-2-1-3-19(28)27-21)9-13(11-25)20(29)26-15-6-8-34(31,32)12-15/h1-5,7,9-10,15H,6,8,12H2,(H,26,29). The summed E-state index contributed by atoms with van der Waals surface area (Å²) in [4.78, 5) is 30.2. The molecule has 174 valence electrons. The molecule has 1 fully saturated rings. The number of pyridine rings is 1. The van der Waals surface area contributed by atoms with Crippen molar-refractivity contribution >= 4 is 50.7 Å². The number of hydrogen-bond acceptors (Lipinski definition) is 7. The summed E-state index contributed by atoms with van der Waals surface area (Å²) >= 11 is 12.1. The molecular weight excluding hydrogens is 503 g/mol. The third-order valence-corrected chi connectivity index (χ3v) is 7.35. The number of fused-ring (bicyclic) bond motifs is 1. The van der Waals surface area contributed by atoms with Crippen LogP contribution in [0.15, 0.2) is 53.0 Å². The molecule has 3 heterocycles. The Kier molecular flexibility index (Phi) is 6.61. The Bertz CT molecular complexity index is 1540. The average molecular weight is 519 g/mol. The molecule has 0 aliphatic carbocycles. The lowest BCUT2D eigenvalue weighted by atomic mass is 10.1. The van der Waals surface area contributed by atoms with Crippen LogP contribution in [0.2, 0.25) is 10.0 Å². The Hall–Kier alpha value is -3.39. The Morgan fingerprint density at radius 1 is 1.29 bits per heavy atom. The molecule has 2 aromatic heterocycles. The van der Waals surface area contributed by atoms with Crippen LogP contribution in [0.4, 0.5) is 0 Å². The van der Waals surface area contributed by atoms with Crippen molar-refractivity contribution in [3.63, 3.8) is 0 Å². The zero-order chi connectivity index (χ0) is 24.5. The highest BCUT2D eigenvalue weighted by atomic mass is 35.5. The second-order valence-corrected chi connectivity index (χ2v) is 10.6. The zero-order valence-electron chi connectivity index (χ0n) is 17.4. The normalized spacial score (nSPS) is 17.3. The van der Waals surface area contributed by atoms with E-state index in [9.17, 15) is 23.3 Å². The fourth-order valence-corrected chi connectivity index (χ4v) is 5.53. The van der Waals surface area contributed by atoms with Crippen LogP contribution >= 0.6 is 23.2 Å². The molecule has 1 aliphatic heterocycles. The largest absolute Gasteiger partial charge is 0.437 e. The van der Waals surface area contributed by atoms with E-state index in [1.165, 1.54) is 28.8 Å². The minimum absolute atomic E-state index is 0.0423. The van der Waals surface area contributed by atoms with E-state index in [0.717, 1.165) is 6.08 Å². The molecule has 0 saturated carbocycles. The summed E-state index contributed by atoms with van der Waals surface area (Å²) in [5, 5.41) is 12.7. The van der Waals surface area contributed by atoms with Crippen molar-refractivity contribution in [1.29, 1.82) is 5.26 Å². The van der Waals surface area contributed by atoms with E-state index in [2.05, 4.69) is 10.3 Å². The number of nitriles is 1. The first-order chi connectivity index (χ1) is 16.2. The first-order valence-electron chi connectivity index (χ1n) is 9.94. The topological polar surface area (TPSA) is 131 Å². The minimum Gasteiger partial charge on any atom is -0.437 e. The molecule has 1 unspecified atom stereocenters. The number of carbonyl (C=O) groups excluding carboxylic acids is 1. The Morgan fingerprint density at radius 3 is 2.76 bits per heavy atom. The zero-order valence-corrected chi connectivity index (χ0v) is 19.7. The summed E-state index contributed by atoms with van der Waals surface area (Å²) in [5.41, 5.74) is -0.898. The summed E-state index contributed by atoms with van der Waals surface area (Å²) in [6, 6.07) is 10.5. The van der Waals surface area contributed by atoms with E-state index < -0.39 is 32.9 Å². The number of carbonyl (C=O) groups is 1. The van der Waals surface area contributed by atoms with Gasteiger partial charge in [-0.1, -0.05) is 29.3 Å². The van der Waals surface area contributed by atoms with Crippen molar-refractivity contribution in [1.82, 2.24) is 14.7 Å². The molecule has 4 rings (SSSR count). The molecule has 9 nitrogen and oxygen atoms in total. The van der Waals surface area contributed by atoms with Gasteiger partial charge in [-0.3, -0.25) is 14.0 Å². The van der Waals surface area contributed by atoms with E-state index in [1.807, 2.05) is 0 Å². The smallest absolute Gasteiger partial charge is 0.269 e. The summed E-state index contributed by atoms with van der Waals surface area (Å²) in [7, 11) is -3.23. The lowest BCUT2D eigenvalue weighted by molar-refractivity contribution is -0.117. The average Bonchev–Trinajstić information content (AvgIpc) is 3.13. The van der Waals surface area contributed by atoms with Gasteiger partial charge in [-0.15, -0.1) is 0 Å². The van der Waals surface area contributed by atoms with Crippen molar-refractivity contribution in [2.75, 3.05) is 11.5 Å². The molecule has 1 saturated heterocycles. The number of halogens is 2. The van der Waals surface area contributed by atoms with Gasteiger partial charge in [0.05, 0.1) is 16.5 Å². The number of nitrogens with zero attached hydrogens (tertiary/aromatic N) is 3. The van der Waals surface area contributed by atoms with E-state index in [4.69, 9.17) is 27.9 Å². The summed E-state index contributed by atoms with van der Waals surface area (Å²) in [6.45, 7) is 0. The van der Waals surface area contributed by atoms with Gasteiger partial charge in [0.2, 0.25) is 5.88 Å². The van der Waals surface area contributed by atoms with Gasteiger partial charge >= 0.3 is 0 Å². The molecule has 12 heteroatoms. The van der Waals surface area contributed by atoms with Gasteiger partial charge in [0.25, 0.3) is 11.5 Å². The highest BCUT2D eigenvalue weighted by molar-refractivity contribution is 7.91. The third-order valence-electron chi connectivity index (χ3n) is 5.06. The molecule has 1 atom stereocenters. The van der Waals surface area contributed by atoms with Crippen LogP contribution < -0.4 is 15.6 Å². The van der Waals surface area contributed by atoms with Crippen molar-refractivity contribution in [3.8, 4) is 17.7 Å². The number of benzene rings is 1. The molecule has 0 bridgehead atoms. The Morgan fingerprint density at radius 2 is 2.09 bits per heavy atom. The van der Waals surface area contributed by atoms with Gasteiger partial charge in [0, 0.05) is 17.3 Å². The molecule has 1 N–H and O–H groups in total. The van der Waals surface area contributed by atoms with Crippen LogP contribution in [-0.2, 0) is 14.6 Å². The van der Waals surface area contributed by atoms with Crippen LogP contribution in [0.25, 0.3) is 11.7 Å². The maximum atomic E-state index is 13.2. The van der Waals surface area contributed by atoms with Crippen LogP contribution in [0, 0.1) is 11.3 Å². The fraction of sp³-hybridized carbons (Fsp3) is 0.182. The predicted octanol–water partition coefficient (Wildman–Crippen LogP) is 3.00. The fourth-order valence-electron chi connectivity index (χ4n) is 3.41. The van der Waals surface area contributed by atoms with E-state index in [0.29, 0.717) is 5.02 Å². The molecular formula is C22H16Cl2N4O5S. The molecule has 0 spiro atoms. The molecule has 34 heavy (non-hydrogen) atoms. The maximum absolute atomic E-state index is 13.2. The quantitative estimate of drug-likeness (QED) is 0.405. The van der Waals surface area contributed by atoms with Gasteiger partial charge in [-0.25, -0.2) is 8.42 Å². The van der Waals surface area contributed by atoms with Crippen molar-refractivity contribution in [2.24, 2.45) is 0 Å².